The molecule has 2 aromatic carbocycles. The van der Waals surface area contributed by atoms with Gasteiger partial charge < -0.3 is 19.2 Å². The molecule has 0 spiro atoms. The van der Waals surface area contributed by atoms with Crippen molar-refractivity contribution in [3.05, 3.63) is 52.5 Å². The van der Waals surface area contributed by atoms with Gasteiger partial charge in [0, 0.05) is 5.69 Å². The van der Waals surface area contributed by atoms with Gasteiger partial charge in [0.2, 0.25) is 0 Å². The summed E-state index contributed by atoms with van der Waals surface area (Å²) in [7, 11) is 1.28. The Labute approximate surface area is 139 Å². The van der Waals surface area contributed by atoms with Gasteiger partial charge in [-0.3, -0.25) is 9.78 Å². The highest BCUT2D eigenvalue weighted by molar-refractivity contribution is 6.07. The van der Waals surface area contributed by atoms with Crippen molar-refractivity contribution in [1.82, 2.24) is 4.98 Å². The molecule has 0 saturated carbocycles. The number of hydrogen-bond acceptors (Lipinski definition) is 5. The van der Waals surface area contributed by atoms with Crippen molar-refractivity contribution >= 4 is 22.7 Å². The van der Waals surface area contributed by atoms with E-state index in [0.717, 1.165) is 0 Å². The van der Waals surface area contributed by atoms with Crippen LogP contribution in [0.2, 0.25) is 0 Å². The van der Waals surface area contributed by atoms with E-state index in [1.54, 1.807) is 0 Å². The largest absolute Gasteiger partial charge is 0.493 e. The molecule has 0 radical (unpaired) electrons. The van der Waals surface area contributed by atoms with E-state index < -0.39 is 18.3 Å². The molecule has 0 aliphatic heterocycles. The highest BCUT2D eigenvalue weighted by Crippen LogP contribution is 2.33. The van der Waals surface area contributed by atoms with Gasteiger partial charge >= 0.3 is 12.4 Å². The lowest BCUT2D eigenvalue weighted by Gasteiger charge is -2.14. The maximum Gasteiger partial charge on any atom is 0.417 e. The second-order valence-corrected chi connectivity index (χ2v) is 4.90. The zero-order valence-electron chi connectivity index (χ0n) is 12.8. The van der Waals surface area contributed by atoms with Crippen molar-refractivity contribution in [2.45, 2.75) is 6.61 Å². The summed E-state index contributed by atoms with van der Waals surface area (Å²) in [5.74, 6) is -1.67. The number of carbonyl (C=O) groups excluding carboxylic acids is 1. The van der Waals surface area contributed by atoms with Crippen LogP contribution in [0.25, 0.3) is 11.1 Å². The minimum absolute atomic E-state index is 0.00238. The number of benzene rings is 2. The van der Waals surface area contributed by atoms with Gasteiger partial charge in [0.1, 0.15) is 0 Å². The van der Waals surface area contributed by atoms with E-state index in [2.05, 4.69) is 15.0 Å². The van der Waals surface area contributed by atoms with Crippen LogP contribution in [0.1, 0.15) is 10.4 Å². The van der Waals surface area contributed by atoms with Gasteiger partial charge in [0.25, 0.3) is 5.91 Å². The van der Waals surface area contributed by atoms with Crippen LogP contribution in [0, 0.1) is 0 Å². The van der Waals surface area contributed by atoms with Gasteiger partial charge in [0.15, 0.2) is 17.1 Å². The third-order valence-electron chi connectivity index (χ3n) is 3.33. The van der Waals surface area contributed by atoms with Crippen LogP contribution in [-0.4, -0.2) is 24.6 Å². The van der Waals surface area contributed by atoms with Crippen molar-refractivity contribution in [2.75, 3.05) is 12.4 Å². The number of amides is 1. The summed E-state index contributed by atoms with van der Waals surface area (Å²) in [5.41, 5.74) is 0.921. The third kappa shape index (κ3) is 3.44. The van der Waals surface area contributed by atoms with Gasteiger partial charge in [0.05, 0.1) is 18.2 Å². The third-order valence-corrected chi connectivity index (χ3v) is 3.33. The Morgan fingerprint density at radius 1 is 1.28 bits per heavy atom. The molecule has 0 aliphatic carbocycles. The van der Waals surface area contributed by atoms with Crippen molar-refractivity contribution in [3.63, 3.8) is 0 Å². The van der Waals surface area contributed by atoms with Crippen molar-refractivity contribution < 1.29 is 27.5 Å². The molecule has 2 N–H and O–H groups in total. The SMILES string of the molecule is COc1cccc(C(=O)Nc2ccc3oc(=O)[nH]c3c2)c1OC(F)F. The second kappa shape index (κ2) is 6.63. The van der Waals surface area contributed by atoms with Gasteiger partial charge in [-0.2, -0.15) is 8.78 Å². The summed E-state index contributed by atoms with van der Waals surface area (Å²) in [6.45, 7) is -3.12. The predicted octanol–water partition coefficient (Wildman–Crippen LogP) is 2.98. The first-order valence-corrected chi connectivity index (χ1v) is 7.04. The number of nitrogens with one attached hydrogen (secondary N) is 2. The minimum Gasteiger partial charge on any atom is -0.493 e. The number of para-hydroxylation sites is 1. The van der Waals surface area contributed by atoms with Crippen LogP contribution < -0.4 is 20.5 Å². The van der Waals surface area contributed by atoms with Crippen LogP contribution in [0.4, 0.5) is 14.5 Å². The average molecular weight is 350 g/mol. The number of methoxy groups -OCH3 is 1. The molecular formula is C16H12F2N2O5. The van der Waals surface area contributed by atoms with Gasteiger partial charge in [-0.15, -0.1) is 0 Å². The molecule has 7 nitrogen and oxygen atoms in total. The topological polar surface area (TPSA) is 93.6 Å². The first kappa shape index (κ1) is 16.5. The van der Waals surface area contributed by atoms with Crippen LogP contribution in [0.5, 0.6) is 11.5 Å². The van der Waals surface area contributed by atoms with Crippen LogP contribution in [0.3, 0.4) is 0 Å². The molecule has 1 amide bonds. The fraction of sp³-hybridized carbons (Fsp3) is 0.125. The molecule has 25 heavy (non-hydrogen) atoms. The van der Waals surface area contributed by atoms with Gasteiger partial charge in [-0.05, 0) is 30.3 Å². The number of alkyl halides is 2. The monoisotopic (exact) mass is 350 g/mol. The van der Waals surface area contributed by atoms with E-state index >= 15 is 0 Å². The zero-order valence-corrected chi connectivity index (χ0v) is 12.8. The summed E-state index contributed by atoms with van der Waals surface area (Å²) in [6.07, 6.45) is 0. The fourth-order valence-corrected chi connectivity index (χ4v) is 2.29. The molecule has 0 saturated heterocycles. The first-order chi connectivity index (χ1) is 12.0. The quantitative estimate of drug-likeness (QED) is 0.738. The van der Waals surface area contributed by atoms with E-state index in [1.165, 1.54) is 43.5 Å². The number of anilines is 1. The molecule has 0 unspecified atom stereocenters. The lowest BCUT2D eigenvalue weighted by molar-refractivity contribution is -0.0515. The summed E-state index contributed by atoms with van der Waals surface area (Å²) < 4.78 is 39.5. The number of rotatable bonds is 5. The molecule has 0 atom stereocenters. The summed E-state index contributed by atoms with van der Waals surface area (Å²) in [4.78, 5) is 26.0. The number of ether oxygens (including phenoxy) is 2. The molecule has 0 bridgehead atoms. The van der Waals surface area contributed by atoms with E-state index in [-0.39, 0.29) is 17.1 Å². The molecule has 3 aromatic rings. The Balaban J connectivity index is 1.92. The number of H-pyrrole nitrogens is 1. The maximum absolute atomic E-state index is 12.6. The Morgan fingerprint density at radius 2 is 2.08 bits per heavy atom. The van der Waals surface area contributed by atoms with E-state index in [0.29, 0.717) is 16.8 Å². The molecule has 1 heterocycles. The van der Waals surface area contributed by atoms with Crippen LogP contribution >= 0.6 is 0 Å². The van der Waals surface area contributed by atoms with Crippen LogP contribution in [-0.2, 0) is 0 Å². The van der Waals surface area contributed by atoms with Gasteiger partial charge in [-0.1, -0.05) is 6.07 Å². The van der Waals surface area contributed by atoms with Crippen molar-refractivity contribution in [3.8, 4) is 11.5 Å². The van der Waals surface area contributed by atoms with E-state index in [1.807, 2.05) is 0 Å². The lowest BCUT2D eigenvalue weighted by atomic mass is 10.1. The van der Waals surface area contributed by atoms with E-state index in [9.17, 15) is 18.4 Å². The standard InChI is InChI=1S/C16H12F2N2O5/c1-23-12-4-2-3-9(13(12)25-15(17)18)14(21)19-8-5-6-11-10(7-8)20-16(22)24-11/h2-7,15H,1H3,(H,19,21)(H,20,22). The first-order valence-electron chi connectivity index (χ1n) is 7.04. The Hall–Kier alpha value is -3.36. The molecule has 1 aromatic heterocycles. The highest BCUT2D eigenvalue weighted by Gasteiger charge is 2.20. The normalized spacial score (nSPS) is 10.9. The number of carbonyl (C=O) groups is 1. The smallest absolute Gasteiger partial charge is 0.417 e. The Bertz CT molecular complexity index is 980. The Kier molecular flexibility index (Phi) is 4.38. The number of aromatic amines is 1. The number of aromatic nitrogens is 1. The maximum atomic E-state index is 12.6. The highest BCUT2D eigenvalue weighted by atomic mass is 19.3. The minimum atomic E-state index is -3.12. The zero-order chi connectivity index (χ0) is 18.0. The second-order valence-electron chi connectivity index (χ2n) is 4.90. The average Bonchev–Trinajstić information content (AvgIpc) is 2.93. The summed E-state index contributed by atoms with van der Waals surface area (Å²) in [6, 6.07) is 8.68. The molecule has 0 aliphatic rings. The number of fused-ring (bicyclic) bond motifs is 1. The van der Waals surface area contributed by atoms with Gasteiger partial charge in [-0.25, -0.2) is 4.79 Å². The van der Waals surface area contributed by atoms with E-state index in [4.69, 9.17) is 9.15 Å². The molecule has 0 fully saturated rings. The Morgan fingerprint density at radius 3 is 2.80 bits per heavy atom. The lowest BCUT2D eigenvalue weighted by Crippen LogP contribution is -2.15. The predicted molar refractivity (Wildman–Crippen MR) is 84.4 cm³/mol. The summed E-state index contributed by atoms with van der Waals surface area (Å²) >= 11 is 0. The van der Waals surface area contributed by atoms with Crippen molar-refractivity contribution in [2.24, 2.45) is 0 Å². The molecule has 9 heteroatoms. The molecular weight excluding hydrogens is 338 g/mol. The summed E-state index contributed by atoms with van der Waals surface area (Å²) in [5, 5.41) is 2.54. The fourth-order valence-electron chi connectivity index (χ4n) is 2.29. The number of oxazole rings is 1. The number of hydrogen-bond donors (Lipinski definition) is 2. The molecule has 3 rings (SSSR count). The van der Waals surface area contributed by atoms with Crippen LogP contribution in [0.15, 0.2) is 45.6 Å². The number of halogens is 2. The van der Waals surface area contributed by atoms with Crippen molar-refractivity contribution in [1.29, 1.82) is 0 Å². The molecule has 130 valence electrons.